The van der Waals surface area contributed by atoms with E-state index in [0.717, 1.165) is 73.4 Å². The molecule has 0 aliphatic carbocycles. The zero-order valence-corrected chi connectivity index (χ0v) is 65.8. The fraction of sp³-hybridized carbons (Fsp3) is 0. The van der Waals surface area contributed by atoms with Gasteiger partial charge in [-0.2, -0.15) is 0 Å². The van der Waals surface area contributed by atoms with E-state index < -0.39 is 0 Å². The Morgan fingerprint density at radius 3 is 0.773 bits per heavy atom. The van der Waals surface area contributed by atoms with E-state index in [1.165, 1.54) is 110 Å². The third kappa shape index (κ3) is 15.8. The Balaban J connectivity index is 0.000000160. The van der Waals surface area contributed by atoms with Crippen LogP contribution in [0.25, 0.3) is 111 Å². The fourth-order valence-corrected chi connectivity index (χ4v) is 16.7. The van der Waals surface area contributed by atoms with Crippen molar-refractivity contribution in [3.05, 3.63) is 525 Å². The van der Waals surface area contributed by atoms with Crippen molar-refractivity contribution in [3.8, 4) is 44.5 Å². The fourth-order valence-electron chi connectivity index (χ4n) is 16.7. The molecule has 562 valence electrons. The second-order valence-electron chi connectivity index (χ2n) is 29.9. The maximum atomic E-state index is 2.35. The lowest BCUT2D eigenvalue weighted by molar-refractivity contribution is 1.28. The van der Waals surface area contributed by atoms with Crippen LogP contribution in [0.5, 0.6) is 0 Å². The first-order valence-electron chi connectivity index (χ1n) is 40.8. The first-order valence-corrected chi connectivity index (χ1v) is 40.8. The van der Waals surface area contributed by atoms with Gasteiger partial charge in [-0.15, -0.1) is 0 Å². The Bertz CT molecular complexity index is 6580. The lowest BCUT2D eigenvalue weighted by Crippen LogP contribution is -2.10. The van der Waals surface area contributed by atoms with Gasteiger partial charge in [-0.3, -0.25) is 0 Å². The summed E-state index contributed by atoms with van der Waals surface area (Å²) in [5, 5.41) is 9.90. The number of fused-ring (bicyclic) bond motifs is 4. The SMILES string of the molecule is C(=C(c1ccccc1)c1ccccc1)c1ccc(-c2c3ccccc3c(-c3ccc(C=C(c4ccccc4)c4ccccc4)cc3)c3ccccc23)cc1.c1ccc(N(c2ccc(-c3ccc(N(c4ccccc4)c4ccc5ccccc5c4)cc3)cc2)c2ccc(-c3ccc(N(c4ccccc4)c4cccc5ccccc45)cc3)cc2)cc1. The summed E-state index contributed by atoms with van der Waals surface area (Å²) < 4.78 is 0. The van der Waals surface area contributed by atoms with Crippen LogP contribution in [0, 0.1) is 0 Å². The molecular weight excluding hydrogens is 1440 g/mol. The zero-order chi connectivity index (χ0) is 79.5. The van der Waals surface area contributed by atoms with E-state index in [2.05, 4.69) is 518 Å². The predicted octanol–water partition coefficient (Wildman–Crippen LogP) is 32.2. The first-order chi connectivity index (χ1) is 59.0. The summed E-state index contributed by atoms with van der Waals surface area (Å²) in [6.07, 6.45) is 4.60. The Kier molecular flexibility index (Phi) is 21.1. The van der Waals surface area contributed by atoms with E-state index in [1.807, 2.05) is 0 Å². The highest BCUT2D eigenvalue weighted by Crippen LogP contribution is 2.47. The molecule has 0 aliphatic rings. The molecule has 3 heteroatoms. The summed E-state index contributed by atoms with van der Waals surface area (Å²) in [5.41, 5.74) is 29.2. The summed E-state index contributed by atoms with van der Waals surface area (Å²) in [4.78, 5) is 6.99. The normalized spacial score (nSPS) is 11.0. The topological polar surface area (TPSA) is 9.72 Å². The van der Waals surface area contributed by atoms with Gasteiger partial charge in [-0.25, -0.2) is 0 Å². The van der Waals surface area contributed by atoms with Crippen molar-refractivity contribution in [2.45, 2.75) is 0 Å². The third-order valence-electron chi connectivity index (χ3n) is 22.5. The van der Waals surface area contributed by atoms with E-state index >= 15 is 0 Å². The molecule has 0 bridgehead atoms. The molecule has 0 saturated carbocycles. The number of para-hydroxylation sites is 3. The molecule has 0 fully saturated rings. The van der Waals surface area contributed by atoms with Gasteiger partial charge in [0.25, 0.3) is 0 Å². The minimum Gasteiger partial charge on any atom is -0.311 e. The monoisotopic (exact) mass is 1520 g/mol. The van der Waals surface area contributed by atoms with Crippen LogP contribution < -0.4 is 14.7 Å². The molecular formula is C116H83N3. The lowest BCUT2D eigenvalue weighted by atomic mass is 9.85. The van der Waals surface area contributed by atoms with Crippen molar-refractivity contribution in [2.24, 2.45) is 0 Å². The molecule has 0 aromatic heterocycles. The molecule has 0 saturated heterocycles. The van der Waals surface area contributed by atoms with Crippen molar-refractivity contribution < 1.29 is 0 Å². The van der Waals surface area contributed by atoms with Crippen LogP contribution in [0.3, 0.4) is 0 Å². The highest BCUT2D eigenvalue weighted by molar-refractivity contribution is 6.21. The predicted molar refractivity (Wildman–Crippen MR) is 508 cm³/mol. The molecule has 0 aliphatic heterocycles. The van der Waals surface area contributed by atoms with Gasteiger partial charge in [0.1, 0.15) is 0 Å². The van der Waals surface area contributed by atoms with Gasteiger partial charge < -0.3 is 14.7 Å². The molecule has 119 heavy (non-hydrogen) atoms. The average Bonchev–Trinajstić information content (AvgIpc) is 0.695. The quantitative estimate of drug-likeness (QED) is 0.0590. The maximum absolute atomic E-state index is 2.35. The molecule has 0 amide bonds. The molecule has 3 nitrogen and oxygen atoms in total. The van der Waals surface area contributed by atoms with E-state index in [1.54, 1.807) is 0 Å². The van der Waals surface area contributed by atoms with Crippen molar-refractivity contribution in [1.29, 1.82) is 0 Å². The summed E-state index contributed by atoms with van der Waals surface area (Å²) in [6.45, 7) is 0. The van der Waals surface area contributed by atoms with Crippen LogP contribution in [0.4, 0.5) is 51.2 Å². The average molecular weight is 1520 g/mol. The largest absolute Gasteiger partial charge is 0.311 e. The third-order valence-corrected chi connectivity index (χ3v) is 22.5. The number of nitrogens with zero attached hydrogens (tertiary/aromatic N) is 3. The minimum atomic E-state index is 1.09. The van der Waals surface area contributed by atoms with Crippen molar-refractivity contribution in [2.75, 3.05) is 14.7 Å². The van der Waals surface area contributed by atoms with Crippen LogP contribution in [-0.4, -0.2) is 0 Å². The summed E-state index contributed by atoms with van der Waals surface area (Å²) >= 11 is 0. The molecule has 0 atom stereocenters. The molecule has 0 heterocycles. The minimum absolute atomic E-state index is 1.09. The second-order valence-corrected chi connectivity index (χ2v) is 29.9. The number of hydrogen-bond acceptors (Lipinski definition) is 3. The van der Waals surface area contributed by atoms with E-state index in [-0.39, 0.29) is 0 Å². The van der Waals surface area contributed by atoms with Crippen LogP contribution in [0.1, 0.15) is 33.4 Å². The Morgan fingerprint density at radius 2 is 0.412 bits per heavy atom. The summed E-state index contributed by atoms with van der Waals surface area (Å²) in [6, 6.07) is 176. The van der Waals surface area contributed by atoms with Gasteiger partial charge in [0, 0.05) is 50.9 Å². The van der Waals surface area contributed by atoms with Crippen molar-refractivity contribution in [3.63, 3.8) is 0 Å². The number of benzene rings is 20. The van der Waals surface area contributed by atoms with E-state index in [9.17, 15) is 0 Å². The second kappa shape index (κ2) is 34.2. The molecule has 20 rings (SSSR count). The summed E-state index contributed by atoms with van der Waals surface area (Å²) in [5.74, 6) is 0. The van der Waals surface area contributed by atoms with Gasteiger partial charge in [-0.1, -0.05) is 388 Å². The standard InChI is InChI=1S/C62H45N3.C54H38/c1-4-19-53(20-5-1)63(56-36-27-47(28-37-56)49-31-40-58(41-32-49)64(54-21-6-2-7-22-54)60-44-35-46-15-10-11-17-52(46)45-60)57-38-29-48(30-39-57)50-33-42-59(43-34-50)65(55-23-8-3-9-24-55)62-26-14-18-51-16-12-13-25-61(51)62;1-5-17-41(18-6-1)51(42-19-7-2-8-20-42)37-39-29-33-45(34-30-39)53-47-25-13-15-27-49(47)54(50-28-16-14-26-48(50)53)46-35-31-40(32-36-46)38-52(43-21-9-3-10-22-43)44-23-11-4-12-24-44/h1-45H;1-38H. The molecule has 0 spiro atoms. The van der Waals surface area contributed by atoms with Crippen LogP contribution in [0.15, 0.2) is 491 Å². The smallest absolute Gasteiger partial charge is 0.0540 e. The van der Waals surface area contributed by atoms with Gasteiger partial charge in [-0.05, 0) is 242 Å². The Morgan fingerprint density at radius 1 is 0.160 bits per heavy atom. The van der Waals surface area contributed by atoms with Gasteiger partial charge in [0.05, 0.1) is 5.69 Å². The number of rotatable bonds is 19. The highest BCUT2D eigenvalue weighted by atomic mass is 15.2. The lowest BCUT2D eigenvalue weighted by Gasteiger charge is -2.27. The van der Waals surface area contributed by atoms with Crippen LogP contribution in [-0.2, 0) is 0 Å². The summed E-state index contributed by atoms with van der Waals surface area (Å²) in [7, 11) is 0. The van der Waals surface area contributed by atoms with Crippen molar-refractivity contribution >= 4 is 118 Å². The maximum Gasteiger partial charge on any atom is 0.0540 e. The number of anilines is 9. The first kappa shape index (κ1) is 73.5. The highest BCUT2D eigenvalue weighted by Gasteiger charge is 2.21. The molecule has 0 N–H and O–H groups in total. The van der Waals surface area contributed by atoms with Crippen LogP contribution >= 0.6 is 0 Å². The van der Waals surface area contributed by atoms with E-state index in [4.69, 9.17) is 0 Å². The molecule has 0 radical (unpaired) electrons. The number of hydrogen-bond donors (Lipinski definition) is 0. The zero-order valence-electron chi connectivity index (χ0n) is 65.8. The van der Waals surface area contributed by atoms with Crippen molar-refractivity contribution in [1.82, 2.24) is 0 Å². The molecule has 20 aromatic rings. The Labute approximate surface area is 696 Å². The molecule has 20 aromatic carbocycles. The van der Waals surface area contributed by atoms with E-state index in [0.29, 0.717) is 0 Å². The molecule has 0 unspecified atom stereocenters. The van der Waals surface area contributed by atoms with Gasteiger partial charge in [0.15, 0.2) is 0 Å². The van der Waals surface area contributed by atoms with Gasteiger partial charge in [0.2, 0.25) is 0 Å². The van der Waals surface area contributed by atoms with Crippen LogP contribution in [0.2, 0.25) is 0 Å². The van der Waals surface area contributed by atoms with Gasteiger partial charge >= 0.3 is 0 Å². The Hall–Kier alpha value is -15.7.